The molecule has 3 N–H and O–H groups in total. The van der Waals surface area contributed by atoms with Crippen LogP contribution in [0.1, 0.15) is 31.3 Å². The van der Waals surface area contributed by atoms with Gasteiger partial charge in [0, 0.05) is 6.54 Å². The Labute approximate surface area is 95.4 Å². The first-order chi connectivity index (χ1) is 7.50. The third-order valence-electron chi connectivity index (χ3n) is 2.66. The Bertz CT molecular complexity index is 348. The number of carbonyl (C=O) groups is 1. The molecule has 1 heterocycles. The topological polar surface area (TPSA) is 80.9 Å². The Hall–Kier alpha value is -1.65. The minimum atomic E-state index is -0.561. The van der Waals surface area contributed by atoms with Crippen LogP contribution in [0.2, 0.25) is 0 Å². The number of hydrogen-bond donors (Lipinski definition) is 2. The van der Waals surface area contributed by atoms with E-state index in [4.69, 9.17) is 5.73 Å². The van der Waals surface area contributed by atoms with Crippen molar-refractivity contribution in [1.29, 1.82) is 0 Å². The molecule has 0 aliphatic heterocycles. The Morgan fingerprint density at radius 3 is 2.50 bits per heavy atom. The van der Waals surface area contributed by atoms with Crippen molar-refractivity contribution in [2.45, 2.75) is 20.8 Å². The highest BCUT2D eigenvalue weighted by molar-refractivity contribution is 5.90. The highest BCUT2D eigenvalue weighted by Crippen LogP contribution is 2.10. The molecule has 1 aromatic rings. The zero-order valence-corrected chi connectivity index (χ0v) is 9.90. The molecule has 0 spiro atoms. The lowest BCUT2D eigenvalue weighted by Gasteiger charge is -2.16. The van der Waals surface area contributed by atoms with Gasteiger partial charge in [0.25, 0.3) is 5.91 Å². The van der Waals surface area contributed by atoms with Crippen LogP contribution in [0.25, 0.3) is 0 Å². The van der Waals surface area contributed by atoms with E-state index in [1.165, 1.54) is 0 Å². The molecule has 0 saturated carbocycles. The molecule has 1 aromatic heterocycles. The third kappa shape index (κ3) is 3.49. The number of anilines is 1. The highest BCUT2D eigenvalue weighted by Gasteiger charge is 2.07. The van der Waals surface area contributed by atoms with Gasteiger partial charge in [0.1, 0.15) is 5.82 Å². The summed E-state index contributed by atoms with van der Waals surface area (Å²) < 4.78 is 0. The van der Waals surface area contributed by atoms with Crippen molar-refractivity contribution in [3.63, 3.8) is 0 Å². The predicted octanol–water partition coefficient (Wildman–Crippen LogP) is 1.28. The number of hydrogen-bond acceptors (Lipinski definition) is 4. The number of primary amides is 1. The molecule has 5 nitrogen and oxygen atoms in total. The molecule has 1 rings (SSSR count). The van der Waals surface area contributed by atoms with Gasteiger partial charge in [-0.15, -0.1) is 10.2 Å². The van der Waals surface area contributed by atoms with Crippen LogP contribution in [-0.2, 0) is 0 Å². The van der Waals surface area contributed by atoms with Gasteiger partial charge in [-0.2, -0.15) is 0 Å². The normalized spacial score (nSPS) is 12.5. The molecule has 1 atom stereocenters. The van der Waals surface area contributed by atoms with Crippen LogP contribution < -0.4 is 11.1 Å². The fourth-order valence-electron chi connectivity index (χ4n) is 1.06. The van der Waals surface area contributed by atoms with Gasteiger partial charge in [0.15, 0.2) is 5.69 Å². The summed E-state index contributed by atoms with van der Waals surface area (Å²) in [5.74, 6) is 1.27. The van der Waals surface area contributed by atoms with Crippen molar-refractivity contribution in [1.82, 2.24) is 10.2 Å². The Kier molecular flexibility index (Phi) is 4.22. The Morgan fingerprint density at radius 2 is 2.06 bits per heavy atom. The minimum Gasteiger partial charge on any atom is -0.368 e. The summed E-state index contributed by atoms with van der Waals surface area (Å²) in [6.07, 6.45) is 0. The van der Waals surface area contributed by atoms with Gasteiger partial charge in [-0.25, -0.2) is 0 Å². The van der Waals surface area contributed by atoms with E-state index in [2.05, 4.69) is 36.3 Å². The lowest BCUT2D eigenvalue weighted by atomic mass is 9.98. The number of rotatable bonds is 5. The smallest absolute Gasteiger partial charge is 0.269 e. The molecule has 0 bridgehead atoms. The summed E-state index contributed by atoms with van der Waals surface area (Å²) >= 11 is 0. The van der Waals surface area contributed by atoms with Crippen LogP contribution in [0.5, 0.6) is 0 Å². The second kappa shape index (κ2) is 5.44. The Balaban J connectivity index is 2.53. The van der Waals surface area contributed by atoms with Gasteiger partial charge < -0.3 is 11.1 Å². The van der Waals surface area contributed by atoms with Crippen LogP contribution in [0.15, 0.2) is 12.1 Å². The van der Waals surface area contributed by atoms with E-state index in [0.717, 1.165) is 6.54 Å². The number of nitrogens with zero attached hydrogens (tertiary/aromatic N) is 2. The van der Waals surface area contributed by atoms with Crippen LogP contribution in [0.4, 0.5) is 5.82 Å². The van der Waals surface area contributed by atoms with Gasteiger partial charge in [-0.3, -0.25) is 4.79 Å². The van der Waals surface area contributed by atoms with Crippen molar-refractivity contribution in [3.8, 4) is 0 Å². The summed E-state index contributed by atoms with van der Waals surface area (Å²) in [5, 5.41) is 10.7. The van der Waals surface area contributed by atoms with E-state index >= 15 is 0 Å². The molecule has 88 valence electrons. The number of carbonyl (C=O) groups excluding carboxylic acids is 1. The van der Waals surface area contributed by atoms with Gasteiger partial charge in [0.05, 0.1) is 0 Å². The minimum absolute atomic E-state index is 0.183. The van der Waals surface area contributed by atoms with Crippen molar-refractivity contribution in [2.24, 2.45) is 17.6 Å². The third-order valence-corrected chi connectivity index (χ3v) is 2.66. The molecule has 0 saturated heterocycles. The quantitative estimate of drug-likeness (QED) is 0.786. The molecular formula is C11H18N4O. The zero-order chi connectivity index (χ0) is 12.1. The summed E-state index contributed by atoms with van der Waals surface area (Å²) in [5.41, 5.74) is 5.25. The van der Waals surface area contributed by atoms with Crippen LogP contribution >= 0.6 is 0 Å². The lowest BCUT2D eigenvalue weighted by molar-refractivity contribution is 0.0994. The maximum Gasteiger partial charge on any atom is 0.269 e. The predicted molar refractivity (Wildman–Crippen MR) is 63.0 cm³/mol. The molecule has 0 aliphatic carbocycles. The molecule has 0 radical (unpaired) electrons. The first-order valence-corrected chi connectivity index (χ1v) is 5.38. The second-order valence-electron chi connectivity index (χ2n) is 4.27. The number of amides is 1. The van der Waals surface area contributed by atoms with E-state index in [1.54, 1.807) is 12.1 Å². The fraction of sp³-hybridized carbons (Fsp3) is 0.545. The fourth-order valence-corrected chi connectivity index (χ4v) is 1.06. The van der Waals surface area contributed by atoms with Crippen molar-refractivity contribution < 1.29 is 4.79 Å². The van der Waals surface area contributed by atoms with Gasteiger partial charge in [-0.1, -0.05) is 20.8 Å². The number of aromatic nitrogens is 2. The molecule has 0 fully saturated rings. The van der Waals surface area contributed by atoms with Crippen molar-refractivity contribution in [2.75, 3.05) is 11.9 Å². The SMILES string of the molecule is CC(C)C(C)CNc1ccc(C(N)=O)nn1. The zero-order valence-electron chi connectivity index (χ0n) is 9.90. The monoisotopic (exact) mass is 222 g/mol. The maximum absolute atomic E-state index is 10.8. The van der Waals surface area contributed by atoms with Crippen LogP contribution in [0, 0.1) is 11.8 Å². The highest BCUT2D eigenvalue weighted by atomic mass is 16.1. The van der Waals surface area contributed by atoms with Gasteiger partial charge >= 0.3 is 0 Å². The lowest BCUT2D eigenvalue weighted by Crippen LogP contribution is -2.18. The average Bonchev–Trinajstić information content (AvgIpc) is 2.26. The summed E-state index contributed by atoms with van der Waals surface area (Å²) in [6.45, 7) is 7.35. The average molecular weight is 222 g/mol. The van der Waals surface area contributed by atoms with E-state index in [9.17, 15) is 4.79 Å². The van der Waals surface area contributed by atoms with E-state index in [-0.39, 0.29) is 5.69 Å². The second-order valence-corrected chi connectivity index (χ2v) is 4.27. The first-order valence-electron chi connectivity index (χ1n) is 5.38. The summed E-state index contributed by atoms with van der Waals surface area (Å²) in [6, 6.07) is 3.28. The van der Waals surface area contributed by atoms with Gasteiger partial charge in [0.2, 0.25) is 0 Å². The van der Waals surface area contributed by atoms with Crippen LogP contribution in [0.3, 0.4) is 0 Å². The van der Waals surface area contributed by atoms with E-state index in [0.29, 0.717) is 17.7 Å². The van der Waals surface area contributed by atoms with E-state index < -0.39 is 5.91 Å². The standard InChI is InChI=1S/C11H18N4O/c1-7(2)8(3)6-13-10-5-4-9(11(12)16)14-15-10/h4-5,7-8H,6H2,1-3H3,(H2,12,16)(H,13,15). The van der Waals surface area contributed by atoms with Crippen molar-refractivity contribution in [3.05, 3.63) is 17.8 Å². The molecule has 16 heavy (non-hydrogen) atoms. The summed E-state index contributed by atoms with van der Waals surface area (Å²) in [4.78, 5) is 10.8. The molecule has 5 heteroatoms. The summed E-state index contributed by atoms with van der Waals surface area (Å²) in [7, 11) is 0. The van der Waals surface area contributed by atoms with Gasteiger partial charge in [-0.05, 0) is 24.0 Å². The number of nitrogens with one attached hydrogen (secondary N) is 1. The molecule has 1 amide bonds. The molecule has 1 unspecified atom stereocenters. The van der Waals surface area contributed by atoms with Crippen molar-refractivity contribution >= 4 is 11.7 Å². The first kappa shape index (κ1) is 12.4. The Morgan fingerprint density at radius 1 is 1.38 bits per heavy atom. The largest absolute Gasteiger partial charge is 0.368 e. The molecule has 0 aliphatic rings. The molecule has 0 aromatic carbocycles. The maximum atomic E-state index is 10.8. The molecular weight excluding hydrogens is 204 g/mol. The number of nitrogens with two attached hydrogens (primary N) is 1. The van der Waals surface area contributed by atoms with E-state index in [1.807, 2.05) is 0 Å². The van der Waals surface area contributed by atoms with Crippen LogP contribution in [-0.4, -0.2) is 22.6 Å².